The lowest BCUT2D eigenvalue weighted by atomic mass is 9.78. The van der Waals surface area contributed by atoms with Crippen LogP contribution in [0.5, 0.6) is 0 Å². The zero-order valence-electron chi connectivity index (χ0n) is 7.84. The largest absolute Gasteiger partial charge is 0.416 e. The molecule has 1 aromatic carbocycles. The molecule has 0 unspecified atom stereocenters. The second-order valence-electron chi connectivity index (χ2n) is 3.68. The summed E-state index contributed by atoms with van der Waals surface area (Å²) in [6.45, 7) is 0. The maximum Gasteiger partial charge on any atom is 0.416 e. The molecule has 1 atom stereocenters. The van der Waals surface area contributed by atoms with Crippen molar-refractivity contribution in [3.63, 3.8) is 0 Å². The Hall–Kier alpha value is -1.32. The molecule has 1 fully saturated rings. The Morgan fingerprint density at radius 1 is 1.13 bits per heavy atom. The van der Waals surface area contributed by atoms with Crippen LogP contribution in [-0.4, -0.2) is 5.78 Å². The molecule has 1 aliphatic carbocycles. The SMILES string of the molecule is O=C1CC[C@H]1c1ccc(C(F)(F)F)cc1. The molecule has 15 heavy (non-hydrogen) atoms. The predicted molar refractivity (Wildman–Crippen MR) is 48.4 cm³/mol. The van der Waals surface area contributed by atoms with E-state index in [0.29, 0.717) is 12.0 Å². The maximum absolute atomic E-state index is 12.2. The molecule has 1 nitrogen and oxygen atoms in total. The Morgan fingerprint density at radius 2 is 1.73 bits per heavy atom. The van der Waals surface area contributed by atoms with E-state index in [1.54, 1.807) is 0 Å². The van der Waals surface area contributed by atoms with E-state index in [1.165, 1.54) is 12.1 Å². The van der Waals surface area contributed by atoms with Gasteiger partial charge in [0.25, 0.3) is 0 Å². The Kier molecular flexibility index (Phi) is 2.29. The monoisotopic (exact) mass is 214 g/mol. The molecule has 0 radical (unpaired) electrons. The Labute approximate surface area is 84.9 Å². The molecule has 1 saturated carbocycles. The van der Waals surface area contributed by atoms with E-state index in [9.17, 15) is 18.0 Å². The van der Waals surface area contributed by atoms with Gasteiger partial charge in [0, 0.05) is 12.3 Å². The second kappa shape index (κ2) is 3.36. The summed E-state index contributed by atoms with van der Waals surface area (Å²) in [4.78, 5) is 11.1. The van der Waals surface area contributed by atoms with Crippen LogP contribution in [0.25, 0.3) is 0 Å². The molecule has 2 rings (SSSR count). The molecule has 0 N–H and O–H groups in total. The van der Waals surface area contributed by atoms with E-state index in [4.69, 9.17) is 0 Å². The summed E-state index contributed by atoms with van der Waals surface area (Å²) in [6, 6.07) is 4.84. The Balaban J connectivity index is 2.21. The van der Waals surface area contributed by atoms with Crippen molar-refractivity contribution in [2.75, 3.05) is 0 Å². The summed E-state index contributed by atoms with van der Waals surface area (Å²) in [7, 11) is 0. The van der Waals surface area contributed by atoms with Gasteiger partial charge < -0.3 is 0 Å². The molecule has 0 aromatic heterocycles. The molecule has 0 bridgehead atoms. The predicted octanol–water partition coefficient (Wildman–Crippen LogP) is 3.15. The van der Waals surface area contributed by atoms with Gasteiger partial charge in [-0.2, -0.15) is 13.2 Å². The topological polar surface area (TPSA) is 17.1 Å². The minimum absolute atomic E-state index is 0.120. The maximum atomic E-state index is 12.2. The minimum atomic E-state index is -4.30. The van der Waals surface area contributed by atoms with Crippen LogP contribution in [0, 0.1) is 0 Å². The van der Waals surface area contributed by atoms with E-state index in [2.05, 4.69) is 0 Å². The lowest BCUT2D eigenvalue weighted by molar-refractivity contribution is -0.137. The third-order valence-corrected chi connectivity index (χ3v) is 2.71. The molecule has 0 aliphatic heterocycles. The molecule has 0 saturated heterocycles. The van der Waals surface area contributed by atoms with Crippen molar-refractivity contribution in [2.45, 2.75) is 24.9 Å². The second-order valence-corrected chi connectivity index (χ2v) is 3.68. The Morgan fingerprint density at radius 3 is 2.07 bits per heavy atom. The third-order valence-electron chi connectivity index (χ3n) is 2.71. The fraction of sp³-hybridized carbons (Fsp3) is 0.364. The van der Waals surface area contributed by atoms with Crippen LogP contribution in [0.4, 0.5) is 13.2 Å². The fourth-order valence-corrected chi connectivity index (χ4v) is 1.66. The zero-order valence-corrected chi connectivity index (χ0v) is 7.84. The highest BCUT2D eigenvalue weighted by molar-refractivity contribution is 5.91. The van der Waals surface area contributed by atoms with Crippen LogP contribution in [-0.2, 0) is 11.0 Å². The summed E-state index contributed by atoms with van der Waals surface area (Å²) in [5, 5.41) is 0. The molecule has 0 heterocycles. The molecule has 0 amide bonds. The van der Waals surface area contributed by atoms with Gasteiger partial charge in [-0.15, -0.1) is 0 Å². The van der Waals surface area contributed by atoms with Gasteiger partial charge in [-0.25, -0.2) is 0 Å². The third kappa shape index (κ3) is 1.89. The zero-order chi connectivity index (χ0) is 11.1. The first-order valence-electron chi connectivity index (χ1n) is 4.68. The molecule has 1 aromatic rings. The van der Waals surface area contributed by atoms with Crippen LogP contribution < -0.4 is 0 Å². The molecule has 80 valence electrons. The van der Waals surface area contributed by atoms with E-state index >= 15 is 0 Å². The number of hydrogen-bond acceptors (Lipinski definition) is 1. The number of rotatable bonds is 1. The Bertz CT molecular complexity index is 378. The van der Waals surface area contributed by atoms with Gasteiger partial charge in [0.1, 0.15) is 5.78 Å². The molecular weight excluding hydrogens is 205 g/mol. The van der Waals surface area contributed by atoms with Crippen molar-refractivity contribution < 1.29 is 18.0 Å². The van der Waals surface area contributed by atoms with Gasteiger partial charge in [-0.1, -0.05) is 12.1 Å². The summed E-state index contributed by atoms with van der Waals surface area (Å²) >= 11 is 0. The normalized spacial score (nSPS) is 21.3. The summed E-state index contributed by atoms with van der Waals surface area (Å²) < 4.78 is 36.7. The molecular formula is C11H9F3O. The first-order valence-corrected chi connectivity index (χ1v) is 4.68. The fourth-order valence-electron chi connectivity index (χ4n) is 1.66. The van der Waals surface area contributed by atoms with Crippen LogP contribution in [0.1, 0.15) is 29.9 Å². The van der Waals surface area contributed by atoms with Gasteiger partial charge in [0.05, 0.1) is 5.56 Å². The first kappa shape index (κ1) is 10.2. The summed E-state index contributed by atoms with van der Waals surface area (Å²) in [5.74, 6) is -0.0537. The van der Waals surface area contributed by atoms with Crippen LogP contribution in [0.15, 0.2) is 24.3 Å². The lowest BCUT2D eigenvalue weighted by Crippen LogP contribution is -2.23. The van der Waals surface area contributed by atoms with Crippen molar-refractivity contribution in [1.82, 2.24) is 0 Å². The average molecular weight is 214 g/mol. The van der Waals surface area contributed by atoms with E-state index in [0.717, 1.165) is 18.6 Å². The van der Waals surface area contributed by atoms with Crippen molar-refractivity contribution in [1.29, 1.82) is 0 Å². The number of benzene rings is 1. The number of carbonyl (C=O) groups excluding carboxylic acids is 1. The summed E-state index contributed by atoms with van der Waals surface area (Å²) in [6.07, 6.45) is -3.00. The van der Waals surface area contributed by atoms with Gasteiger partial charge in [0.15, 0.2) is 0 Å². The van der Waals surface area contributed by atoms with Gasteiger partial charge in [-0.05, 0) is 24.1 Å². The molecule has 1 aliphatic rings. The highest BCUT2D eigenvalue weighted by Gasteiger charge is 2.32. The van der Waals surface area contributed by atoms with Crippen molar-refractivity contribution in [3.8, 4) is 0 Å². The minimum Gasteiger partial charge on any atom is -0.299 e. The van der Waals surface area contributed by atoms with Crippen molar-refractivity contribution in [3.05, 3.63) is 35.4 Å². The highest BCUT2D eigenvalue weighted by Crippen LogP contribution is 2.35. The smallest absolute Gasteiger partial charge is 0.299 e. The molecule has 0 spiro atoms. The van der Waals surface area contributed by atoms with E-state index in [-0.39, 0.29) is 11.7 Å². The molecule has 4 heteroatoms. The first-order chi connectivity index (χ1) is 6.98. The number of Topliss-reactive ketones (excluding diaryl/α,β-unsaturated/α-hetero) is 1. The number of carbonyl (C=O) groups is 1. The lowest BCUT2D eigenvalue weighted by Gasteiger charge is -2.24. The number of ketones is 1. The highest BCUT2D eigenvalue weighted by atomic mass is 19.4. The quantitative estimate of drug-likeness (QED) is 0.701. The van der Waals surface area contributed by atoms with Crippen LogP contribution in [0.2, 0.25) is 0 Å². The number of hydrogen-bond donors (Lipinski definition) is 0. The van der Waals surface area contributed by atoms with Gasteiger partial charge in [-0.3, -0.25) is 4.79 Å². The van der Waals surface area contributed by atoms with Crippen LogP contribution in [0.3, 0.4) is 0 Å². The summed E-state index contributed by atoms with van der Waals surface area (Å²) in [5.41, 5.74) is 0.0253. The van der Waals surface area contributed by atoms with E-state index in [1.807, 2.05) is 0 Å². The van der Waals surface area contributed by atoms with E-state index < -0.39 is 11.7 Å². The van der Waals surface area contributed by atoms with Gasteiger partial charge in [0.2, 0.25) is 0 Å². The van der Waals surface area contributed by atoms with Crippen LogP contribution >= 0.6 is 0 Å². The van der Waals surface area contributed by atoms with Gasteiger partial charge >= 0.3 is 6.18 Å². The van der Waals surface area contributed by atoms with Crippen molar-refractivity contribution >= 4 is 5.78 Å². The number of alkyl halides is 3. The number of halogens is 3. The average Bonchev–Trinajstić information content (AvgIpc) is 2.15. The standard InChI is InChI=1S/C11H9F3O/c12-11(13,14)8-3-1-7(2-4-8)9-5-6-10(9)15/h1-4,9H,5-6H2/t9-/m0/s1. The van der Waals surface area contributed by atoms with Crippen molar-refractivity contribution in [2.24, 2.45) is 0 Å².